The third-order valence-corrected chi connectivity index (χ3v) is 5.78. The molecule has 108 valence electrons. The van der Waals surface area contributed by atoms with E-state index < -0.39 is 66.0 Å². The van der Waals surface area contributed by atoms with Crippen LogP contribution in [0.4, 0.5) is 0 Å². The van der Waals surface area contributed by atoms with Crippen molar-refractivity contribution in [1.29, 1.82) is 0 Å². The minimum atomic E-state index is -4.41. The first kappa shape index (κ1) is 15.8. The Labute approximate surface area is 108 Å². The van der Waals surface area contributed by atoms with Gasteiger partial charge in [0.25, 0.3) is 11.8 Å². The van der Waals surface area contributed by atoms with Gasteiger partial charge in [0.15, 0.2) is 29.5 Å². The molecule has 0 aromatic heterocycles. The largest absolute Gasteiger partial charge is 0.395 e. The van der Waals surface area contributed by atoms with Crippen LogP contribution in [0.25, 0.3) is 0 Å². The molecule has 0 radical (unpaired) electrons. The molecule has 11 heteroatoms. The van der Waals surface area contributed by atoms with Gasteiger partial charge < -0.3 is 10.2 Å². The maximum absolute atomic E-state index is 11.7. The molecule has 0 aromatic carbocycles. The fourth-order valence-corrected chi connectivity index (χ4v) is 4.50. The first-order chi connectivity index (χ1) is 8.67. The Morgan fingerprint density at radius 3 is 1.37 bits per heavy atom. The van der Waals surface area contributed by atoms with Gasteiger partial charge in [-0.2, -0.15) is 0 Å². The van der Waals surface area contributed by atoms with Gasteiger partial charge >= 0.3 is 0 Å². The van der Waals surface area contributed by atoms with Crippen molar-refractivity contribution in [2.24, 2.45) is 0 Å². The maximum atomic E-state index is 11.7. The summed E-state index contributed by atoms with van der Waals surface area (Å²) in [7, 11) is -8.81. The van der Waals surface area contributed by atoms with Gasteiger partial charge in [-0.05, 0) is 0 Å². The Morgan fingerprint density at radius 2 is 1.11 bits per heavy atom. The quantitative estimate of drug-likeness (QED) is 0.430. The van der Waals surface area contributed by atoms with E-state index in [1.54, 1.807) is 5.32 Å². The summed E-state index contributed by atoms with van der Waals surface area (Å²) < 4.78 is 46.8. The van der Waals surface area contributed by atoms with Gasteiger partial charge in [0.1, 0.15) is 0 Å². The Kier molecular flexibility index (Phi) is 4.45. The smallest absolute Gasteiger partial charge is 0.271 e. The van der Waals surface area contributed by atoms with Crippen LogP contribution in [0.3, 0.4) is 0 Å². The van der Waals surface area contributed by atoms with Gasteiger partial charge in [0.2, 0.25) is 0 Å². The highest BCUT2D eigenvalue weighted by Gasteiger charge is 2.44. The number of imide groups is 1. The number of hydrogen-bond donors (Lipinski definition) is 3. The van der Waals surface area contributed by atoms with Crippen molar-refractivity contribution in [3.8, 4) is 0 Å². The zero-order valence-corrected chi connectivity index (χ0v) is 11.1. The van der Waals surface area contributed by atoms with E-state index in [2.05, 4.69) is 0 Å². The van der Waals surface area contributed by atoms with Crippen LogP contribution < -0.4 is 5.32 Å². The molecule has 9 nitrogen and oxygen atoms in total. The number of carbonyl (C=O) groups is 2. The molecule has 1 aliphatic heterocycles. The Morgan fingerprint density at radius 1 is 0.789 bits per heavy atom. The molecule has 0 spiro atoms. The zero-order valence-electron chi connectivity index (χ0n) is 9.49. The number of amides is 2. The van der Waals surface area contributed by atoms with Crippen molar-refractivity contribution in [1.82, 2.24) is 5.32 Å². The number of sulfone groups is 2. The molecular weight excluding hydrogens is 302 g/mol. The lowest BCUT2D eigenvalue weighted by molar-refractivity contribution is -0.123. The summed E-state index contributed by atoms with van der Waals surface area (Å²) in [5.74, 6) is -4.48. The number of rotatable bonds is 6. The molecule has 0 aromatic rings. The lowest BCUT2D eigenvalue weighted by atomic mass is 10.5. The summed E-state index contributed by atoms with van der Waals surface area (Å²) in [6.45, 7) is -1.67. The lowest BCUT2D eigenvalue weighted by Crippen LogP contribution is -2.26. The van der Waals surface area contributed by atoms with Crippen LogP contribution in [0.15, 0.2) is 9.81 Å². The summed E-state index contributed by atoms with van der Waals surface area (Å²) in [5, 5.41) is 18.8. The number of aliphatic hydroxyl groups excluding tert-OH is 2. The lowest BCUT2D eigenvalue weighted by Gasteiger charge is -2.04. The van der Waals surface area contributed by atoms with Crippen LogP contribution in [0.2, 0.25) is 0 Å². The molecular formula is C8H11NO8S2. The molecule has 1 rings (SSSR count). The van der Waals surface area contributed by atoms with E-state index in [-0.39, 0.29) is 0 Å². The molecule has 0 bridgehead atoms. The Bertz CT molecular complexity index is 586. The fourth-order valence-electron chi connectivity index (χ4n) is 1.43. The third kappa shape index (κ3) is 3.00. The summed E-state index contributed by atoms with van der Waals surface area (Å²) in [5.41, 5.74) is 0. The molecule has 0 atom stereocenters. The molecule has 0 unspecified atom stereocenters. The average molecular weight is 313 g/mol. The van der Waals surface area contributed by atoms with Crippen LogP contribution in [0.1, 0.15) is 0 Å². The van der Waals surface area contributed by atoms with E-state index in [0.29, 0.717) is 0 Å². The van der Waals surface area contributed by atoms with E-state index in [4.69, 9.17) is 10.2 Å². The highest BCUT2D eigenvalue weighted by Crippen LogP contribution is 2.24. The van der Waals surface area contributed by atoms with Crippen LogP contribution in [-0.2, 0) is 29.3 Å². The van der Waals surface area contributed by atoms with Gasteiger partial charge in [-0.1, -0.05) is 0 Å². The molecule has 3 N–H and O–H groups in total. The summed E-state index contributed by atoms with van der Waals surface area (Å²) >= 11 is 0. The minimum absolute atomic E-state index is 0.833. The predicted octanol–water partition coefficient (Wildman–Crippen LogP) is -3.33. The fraction of sp³-hybridized carbons (Fsp3) is 0.500. The number of aliphatic hydroxyl groups is 2. The van der Waals surface area contributed by atoms with E-state index >= 15 is 0 Å². The summed E-state index contributed by atoms with van der Waals surface area (Å²) in [6, 6.07) is 0. The normalized spacial score (nSPS) is 16.9. The number of hydrogen-bond acceptors (Lipinski definition) is 8. The van der Waals surface area contributed by atoms with Gasteiger partial charge in [-0.25, -0.2) is 16.8 Å². The Hall–Kier alpha value is -1.30. The van der Waals surface area contributed by atoms with Crippen LogP contribution in [0.5, 0.6) is 0 Å². The van der Waals surface area contributed by atoms with Crippen molar-refractivity contribution in [2.75, 3.05) is 24.7 Å². The number of nitrogens with one attached hydrogen (secondary N) is 1. The van der Waals surface area contributed by atoms with Gasteiger partial charge in [-0.3, -0.25) is 14.9 Å². The standard InChI is InChI=1S/C8H11NO8S2/c10-1-3-18(14,15)5-6(8(13)9-7(5)12)19(16,17)4-2-11/h10-11H,1-4H2,(H,9,12,13). The summed E-state index contributed by atoms with van der Waals surface area (Å²) in [6.07, 6.45) is 0. The van der Waals surface area contributed by atoms with Crippen molar-refractivity contribution >= 4 is 31.5 Å². The van der Waals surface area contributed by atoms with E-state index in [1.807, 2.05) is 0 Å². The van der Waals surface area contributed by atoms with Crippen molar-refractivity contribution in [2.45, 2.75) is 0 Å². The van der Waals surface area contributed by atoms with E-state index in [9.17, 15) is 26.4 Å². The van der Waals surface area contributed by atoms with Crippen molar-refractivity contribution in [3.05, 3.63) is 9.81 Å². The second-order valence-corrected chi connectivity index (χ2v) is 7.62. The first-order valence-corrected chi connectivity index (χ1v) is 8.25. The molecule has 0 saturated carbocycles. The Balaban J connectivity index is 3.55. The second kappa shape index (κ2) is 5.36. The second-order valence-electron chi connectivity index (χ2n) is 3.53. The third-order valence-electron chi connectivity index (χ3n) is 2.19. The molecule has 1 heterocycles. The van der Waals surface area contributed by atoms with Crippen molar-refractivity contribution < 1.29 is 36.6 Å². The van der Waals surface area contributed by atoms with E-state index in [1.165, 1.54) is 0 Å². The minimum Gasteiger partial charge on any atom is -0.395 e. The van der Waals surface area contributed by atoms with Gasteiger partial charge in [-0.15, -0.1) is 0 Å². The highest BCUT2D eigenvalue weighted by atomic mass is 32.2. The maximum Gasteiger partial charge on any atom is 0.271 e. The molecule has 0 fully saturated rings. The molecule has 0 aliphatic carbocycles. The molecule has 1 aliphatic rings. The SMILES string of the molecule is O=C1NC(=O)C(S(=O)(=O)CCO)=C1S(=O)(=O)CCO. The van der Waals surface area contributed by atoms with Crippen LogP contribution >= 0.6 is 0 Å². The molecule has 2 amide bonds. The summed E-state index contributed by atoms with van der Waals surface area (Å²) in [4.78, 5) is 20.4. The van der Waals surface area contributed by atoms with Crippen LogP contribution in [0, 0.1) is 0 Å². The highest BCUT2D eigenvalue weighted by molar-refractivity contribution is 8.00. The van der Waals surface area contributed by atoms with Gasteiger partial charge in [0, 0.05) is 0 Å². The predicted molar refractivity (Wildman–Crippen MR) is 61.9 cm³/mol. The van der Waals surface area contributed by atoms with E-state index in [0.717, 1.165) is 0 Å². The average Bonchev–Trinajstić information content (AvgIpc) is 2.54. The monoisotopic (exact) mass is 313 g/mol. The first-order valence-electron chi connectivity index (χ1n) is 4.94. The topological polar surface area (TPSA) is 155 Å². The van der Waals surface area contributed by atoms with Crippen molar-refractivity contribution in [3.63, 3.8) is 0 Å². The van der Waals surface area contributed by atoms with Gasteiger partial charge in [0.05, 0.1) is 24.7 Å². The number of carbonyl (C=O) groups excluding carboxylic acids is 2. The molecule has 19 heavy (non-hydrogen) atoms. The van der Waals surface area contributed by atoms with Crippen LogP contribution in [-0.4, -0.2) is 63.6 Å². The molecule has 0 saturated heterocycles. The zero-order chi connectivity index (χ0) is 14.8.